The number of carbonyl (C=O) groups is 5. The molecule has 0 saturated carbocycles. The van der Waals surface area contributed by atoms with Crippen LogP contribution in [0, 0.1) is 0 Å². The van der Waals surface area contributed by atoms with Crippen molar-refractivity contribution in [3.8, 4) is 16.9 Å². The summed E-state index contributed by atoms with van der Waals surface area (Å²) >= 11 is 0. The summed E-state index contributed by atoms with van der Waals surface area (Å²) in [7, 11) is 1.77. The van der Waals surface area contributed by atoms with Gasteiger partial charge in [0.05, 0.1) is 23.7 Å². The summed E-state index contributed by atoms with van der Waals surface area (Å²) in [5.74, 6) is -1.43. The molecule has 0 radical (unpaired) electrons. The molecule has 278 valence electrons. The number of aryl methyl sites for hydroxylation is 1. The van der Waals surface area contributed by atoms with E-state index >= 15 is 0 Å². The van der Waals surface area contributed by atoms with Crippen molar-refractivity contribution in [3.05, 3.63) is 78.5 Å². The van der Waals surface area contributed by atoms with E-state index in [0.29, 0.717) is 47.3 Å². The van der Waals surface area contributed by atoms with Gasteiger partial charge in [-0.25, -0.2) is 19.2 Å². The summed E-state index contributed by atoms with van der Waals surface area (Å²) in [6, 6.07) is 13.1. The lowest BCUT2D eigenvalue weighted by molar-refractivity contribution is -0.772. The van der Waals surface area contributed by atoms with Crippen LogP contribution in [0.5, 0.6) is 5.75 Å². The SMILES string of the molecule is C=CCOC(=O)Nc1c(-c2ccc(OCC(ON3C(=O)c4ccccc4C3=O)C(=O)OC(C)(C)C)cc2)c[n+](CCCNC(=O)OC(C)(C)C)n1C. The minimum Gasteiger partial charge on any atom is -0.490 e. The quantitative estimate of drug-likeness (QED) is 0.0581. The summed E-state index contributed by atoms with van der Waals surface area (Å²) < 4.78 is 25.5. The average molecular weight is 721 g/mol. The number of hydrogen-bond donors (Lipinski definition) is 2. The molecule has 15 nitrogen and oxygen atoms in total. The lowest BCUT2D eigenvalue weighted by Gasteiger charge is -2.26. The van der Waals surface area contributed by atoms with Gasteiger partial charge in [-0.05, 0) is 71.4 Å². The lowest BCUT2D eigenvalue weighted by atomic mass is 10.1. The highest BCUT2D eigenvalue weighted by Gasteiger charge is 2.40. The molecule has 2 heterocycles. The first-order chi connectivity index (χ1) is 24.5. The fourth-order valence-electron chi connectivity index (χ4n) is 4.99. The molecule has 3 aromatic rings. The van der Waals surface area contributed by atoms with E-state index in [2.05, 4.69) is 17.2 Å². The summed E-state index contributed by atoms with van der Waals surface area (Å²) in [6.07, 6.45) is 1.23. The Balaban J connectivity index is 1.50. The van der Waals surface area contributed by atoms with Gasteiger partial charge in [0.2, 0.25) is 12.3 Å². The Morgan fingerprint density at radius 1 is 0.885 bits per heavy atom. The molecular formula is C37H46N5O10+. The number of anilines is 1. The number of alkyl carbamates (subject to hydrolysis) is 1. The largest absolute Gasteiger partial charge is 0.490 e. The van der Waals surface area contributed by atoms with Crippen molar-refractivity contribution in [3.63, 3.8) is 0 Å². The predicted octanol–water partition coefficient (Wildman–Crippen LogP) is 4.95. The van der Waals surface area contributed by atoms with Crippen molar-refractivity contribution >= 4 is 35.8 Å². The number of nitrogens with one attached hydrogen (secondary N) is 2. The Hall–Kier alpha value is -5.70. The van der Waals surface area contributed by atoms with Crippen LogP contribution >= 0.6 is 0 Å². The number of nitrogens with zero attached hydrogens (tertiary/aromatic N) is 3. The smallest absolute Gasteiger partial charge is 0.413 e. The van der Waals surface area contributed by atoms with Crippen molar-refractivity contribution in [2.75, 3.05) is 25.1 Å². The number of benzene rings is 2. The second-order valence-electron chi connectivity index (χ2n) is 13.8. The van der Waals surface area contributed by atoms with Gasteiger partial charge < -0.3 is 24.3 Å². The van der Waals surface area contributed by atoms with E-state index in [-0.39, 0.29) is 24.3 Å². The molecule has 1 aliphatic rings. The van der Waals surface area contributed by atoms with Gasteiger partial charge in [0.1, 0.15) is 30.2 Å². The fourth-order valence-corrected chi connectivity index (χ4v) is 4.99. The monoisotopic (exact) mass is 720 g/mol. The van der Waals surface area contributed by atoms with Crippen molar-refractivity contribution in [2.24, 2.45) is 7.05 Å². The zero-order valence-corrected chi connectivity index (χ0v) is 30.5. The van der Waals surface area contributed by atoms with E-state index in [1.807, 2.05) is 10.9 Å². The highest BCUT2D eigenvalue weighted by molar-refractivity contribution is 6.20. The standard InChI is InChI=1S/C37H45N5O10/c1-9-21-48-35(47)39-30-28(22-41(40(30)8)20-12-19-38-34(46)51-37(5,6)7)24-15-17-25(18-16-24)49-23-29(33(45)50-36(2,3)4)52-42-31(43)26-13-10-11-14-27(26)32(42)44/h9-11,13-18,22,29H,1,12,19-21,23H2,2-8H3,(H,38,46)/p+1. The summed E-state index contributed by atoms with van der Waals surface area (Å²) in [6.45, 7) is 14.5. The topological polar surface area (TPSA) is 168 Å². The molecule has 1 unspecified atom stereocenters. The zero-order valence-electron chi connectivity index (χ0n) is 30.5. The zero-order chi connectivity index (χ0) is 38.2. The van der Waals surface area contributed by atoms with Crippen molar-refractivity contribution in [1.29, 1.82) is 0 Å². The van der Waals surface area contributed by atoms with Crippen LogP contribution in [-0.2, 0) is 37.4 Å². The Morgan fingerprint density at radius 2 is 1.50 bits per heavy atom. The number of ether oxygens (including phenoxy) is 4. The van der Waals surface area contributed by atoms with Gasteiger partial charge in [0.15, 0.2) is 12.4 Å². The van der Waals surface area contributed by atoms with Gasteiger partial charge in [0.25, 0.3) is 11.8 Å². The molecule has 0 saturated heterocycles. The lowest BCUT2D eigenvalue weighted by Crippen LogP contribution is -2.43. The Labute approximate surface area is 302 Å². The Bertz CT molecular complexity index is 1770. The molecule has 4 rings (SSSR count). The highest BCUT2D eigenvalue weighted by Crippen LogP contribution is 2.29. The Morgan fingerprint density at radius 3 is 2.08 bits per heavy atom. The van der Waals surface area contributed by atoms with Crippen LogP contribution in [0.4, 0.5) is 15.4 Å². The van der Waals surface area contributed by atoms with Crippen LogP contribution in [0.15, 0.2) is 67.4 Å². The maximum absolute atomic E-state index is 13.1. The maximum Gasteiger partial charge on any atom is 0.413 e. The van der Waals surface area contributed by atoms with Crippen LogP contribution < -0.4 is 20.1 Å². The minimum absolute atomic E-state index is 0.0228. The fraction of sp³-hybridized carbons (Fsp3) is 0.405. The highest BCUT2D eigenvalue weighted by atomic mass is 16.7. The number of carbonyl (C=O) groups excluding carboxylic acids is 5. The van der Waals surface area contributed by atoms with Gasteiger partial charge in [-0.2, -0.15) is 0 Å². The predicted molar refractivity (Wildman–Crippen MR) is 188 cm³/mol. The molecule has 0 spiro atoms. The molecule has 52 heavy (non-hydrogen) atoms. The van der Waals surface area contributed by atoms with Gasteiger partial charge in [-0.15, -0.1) is 14.4 Å². The molecular weight excluding hydrogens is 674 g/mol. The number of aromatic nitrogens is 2. The summed E-state index contributed by atoms with van der Waals surface area (Å²) in [5, 5.41) is 6.08. The Kier molecular flexibility index (Phi) is 12.4. The van der Waals surface area contributed by atoms with Crippen molar-refractivity contribution in [1.82, 2.24) is 15.1 Å². The van der Waals surface area contributed by atoms with E-state index in [9.17, 15) is 24.0 Å². The van der Waals surface area contributed by atoms with Crippen LogP contribution in [-0.4, -0.2) is 76.8 Å². The number of hydrogen-bond acceptors (Lipinski definition) is 10. The second kappa shape index (κ2) is 16.5. The van der Waals surface area contributed by atoms with E-state index in [0.717, 1.165) is 0 Å². The first-order valence-electron chi connectivity index (χ1n) is 16.7. The number of rotatable bonds is 14. The molecule has 0 bridgehead atoms. The molecule has 2 aromatic carbocycles. The van der Waals surface area contributed by atoms with Crippen LogP contribution in [0.1, 0.15) is 68.7 Å². The van der Waals surface area contributed by atoms with Gasteiger partial charge in [0, 0.05) is 13.0 Å². The number of esters is 1. The number of amides is 4. The first kappa shape index (κ1) is 39.1. The van der Waals surface area contributed by atoms with E-state index in [1.54, 1.807) is 89.7 Å². The third-order valence-corrected chi connectivity index (χ3v) is 7.25. The molecule has 1 aliphatic heterocycles. The third kappa shape index (κ3) is 10.4. The molecule has 0 aliphatic carbocycles. The van der Waals surface area contributed by atoms with Crippen LogP contribution in [0.3, 0.4) is 0 Å². The summed E-state index contributed by atoms with van der Waals surface area (Å²) in [5.41, 5.74) is 0.198. The molecule has 4 amide bonds. The minimum atomic E-state index is -1.46. The van der Waals surface area contributed by atoms with E-state index < -0.39 is 47.3 Å². The number of hydroxylamine groups is 2. The van der Waals surface area contributed by atoms with Gasteiger partial charge >= 0.3 is 18.2 Å². The third-order valence-electron chi connectivity index (χ3n) is 7.25. The molecule has 1 atom stereocenters. The van der Waals surface area contributed by atoms with Gasteiger partial charge in [-0.1, -0.05) is 36.9 Å². The molecule has 2 N–H and O–H groups in total. The average Bonchev–Trinajstić information content (AvgIpc) is 3.50. The molecule has 1 aromatic heterocycles. The van der Waals surface area contributed by atoms with Gasteiger partial charge in [-0.3, -0.25) is 14.9 Å². The first-order valence-corrected chi connectivity index (χ1v) is 16.7. The molecule has 0 fully saturated rings. The number of imide groups is 1. The maximum atomic E-state index is 13.1. The van der Waals surface area contributed by atoms with Crippen molar-refractivity contribution < 1.29 is 52.4 Å². The van der Waals surface area contributed by atoms with Crippen molar-refractivity contribution in [2.45, 2.75) is 71.8 Å². The van der Waals surface area contributed by atoms with Crippen LogP contribution in [0.2, 0.25) is 0 Å². The summed E-state index contributed by atoms with van der Waals surface area (Å²) in [4.78, 5) is 69.3. The van der Waals surface area contributed by atoms with E-state index in [4.69, 9.17) is 23.8 Å². The number of fused-ring (bicyclic) bond motifs is 1. The normalized spacial score (nSPS) is 13.2. The van der Waals surface area contributed by atoms with Crippen LogP contribution in [0.25, 0.3) is 11.1 Å². The molecule has 15 heteroatoms. The van der Waals surface area contributed by atoms with E-state index in [1.165, 1.54) is 18.2 Å². The second-order valence-corrected chi connectivity index (χ2v) is 13.8.